The van der Waals surface area contributed by atoms with Crippen molar-refractivity contribution in [3.63, 3.8) is 0 Å². The molecule has 1 N–H and O–H groups in total. The first-order valence-corrected chi connectivity index (χ1v) is 5.43. The first-order chi connectivity index (χ1) is 8.56. The first kappa shape index (κ1) is 12.7. The van der Waals surface area contributed by atoms with Gasteiger partial charge < -0.3 is 5.32 Å². The Morgan fingerprint density at radius 2 is 1.78 bits per heavy atom. The normalized spacial score (nSPS) is 10.4. The van der Waals surface area contributed by atoms with E-state index in [1.165, 1.54) is 6.20 Å². The molecule has 0 fully saturated rings. The predicted octanol–water partition coefficient (Wildman–Crippen LogP) is 3.76. The average Bonchev–Trinajstić information content (AvgIpc) is 2.35. The summed E-state index contributed by atoms with van der Waals surface area (Å²) in [5, 5.41) is 3.12. The van der Waals surface area contributed by atoms with E-state index in [4.69, 9.17) is 11.6 Å². The number of halogens is 4. The summed E-state index contributed by atoms with van der Waals surface area (Å²) in [5.74, 6) is -3.94. The zero-order chi connectivity index (χ0) is 13.1. The van der Waals surface area contributed by atoms with Crippen molar-refractivity contribution >= 4 is 17.3 Å². The summed E-state index contributed by atoms with van der Waals surface area (Å²) in [6.07, 6.45) is 1.53. The third kappa shape index (κ3) is 2.92. The van der Waals surface area contributed by atoms with Gasteiger partial charge in [-0.2, -0.15) is 0 Å². The molecule has 94 valence electrons. The highest BCUT2D eigenvalue weighted by atomic mass is 35.5. The molecular formula is C12H8ClF3N2. The van der Waals surface area contributed by atoms with Crippen LogP contribution >= 0.6 is 11.6 Å². The van der Waals surface area contributed by atoms with E-state index in [2.05, 4.69) is 10.3 Å². The molecule has 0 spiro atoms. The number of rotatable bonds is 3. The van der Waals surface area contributed by atoms with Crippen LogP contribution in [0.4, 0.5) is 18.9 Å². The second kappa shape index (κ2) is 5.27. The van der Waals surface area contributed by atoms with Crippen molar-refractivity contribution in [3.8, 4) is 0 Å². The number of anilines is 1. The van der Waals surface area contributed by atoms with E-state index in [0.717, 1.165) is 17.7 Å². The topological polar surface area (TPSA) is 24.9 Å². The minimum atomic E-state index is -1.48. The Kier molecular flexibility index (Phi) is 3.72. The molecule has 0 atom stereocenters. The maximum Gasteiger partial charge on any atom is 0.194 e. The third-order valence-corrected chi connectivity index (χ3v) is 2.49. The Hall–Kier alpha value is -1.75. The number of nitrogens with one attached hydrogen (secondary N) is 1. The predicted molar refractivity (Wildman–Crippen MR) is 62.9 cm³/mol. The van der Waals surface area contributed by atoms with Crippen LogP contribution in [0.3, 0.4) is 0 Å². The number of nitrogens with zero attached hydrogens (tertiary/aromatic N) is 1. The fraction of sp³-hybridized carbons (Fsp3) is 0.0833. The fourth-order valence-corrected chi connectivity index (χ4v) is 1.48. The molecule has 2 nitrogen and oxygen atoms in total. The van der Waals surface area contributed by atoms with Crippen LogP contribution in [0.1, 0.15) is 5.56 Å². The van der Waals surface area contributed by atoms with Crippen LogP contribution in [0.25, 0.3) is 0 Å². The minimum absolute atomic E-state index is 0.154. The van der Waals surface area contributed by atoms with Gasteiger partial charge in [-0.25, -0.2) is 18.2 Å². The van der Waals surface area contributed by atoms with E-state index >= 15 is 0 Å². The monoisotopic (exact) mass is 272 g/mol. The van der Waals surface area contributed by atoms with E-state index in [1.807, 2.05) is 0 Å². The molecule has 2 aromatic rings. The van der Waals surface area contributed by atoms with Gasteiger partial charge in [-0.05, 0) is 11.6 Å². The van der Waals surface area contributed by atoms with Crippen LogP contribution in [-0.2, 0) is 6.54 Å². The van der Waals surface area contributed by atoms with E-state index in [9.17, 15) is 13.2 Å². The number of aromatic nitrogens is 1. The molecule has 0 saturated heterocycles. The van der Waals surface area contributed by atoms with Crippen molar-refractivity contribution in [2.75, 3.05) is 5.32 Å². The summed E-state index contributed by atoms with van der Waals surface area (Å²) in [6, 6.07) is 5.10. The van der Waals surface area contributed by atoms with Gasteiger partial charge in [-0.3, -0.25) is 0 Å². The molecule has 0 aliphatic carbocycles. The van der Waals surface area contributed by atoms with Crippen molar-refractivity contribution in [1.82, 2.24) is 4.98 Å². The van der Waals surface area contributed by atoms with Gasteiger partial charge in [0, 0.05) is 30.6 Å². The van der Waals surface area contributed by atoms with Crippen LogP contribution in [0, 0.1) is 17.5 Å². The zero-order valence-electron chi connectivity index (χ0n) is 9.05. The van der Waals surface area contributed by atoms with Gasteiger partial charge in [0.1, 0.15) is 5.15 Å². The van der Waals surface area contributed by atoms with Crippen LogP contribution < -0.4 is 5.32 Å². The lowest BCUT2D eigenvalue weighted by molar-refractivity contribution is 0.447. The second-order valence-electron chi connectivity index (χ2n) is 3.60. The Labute approximate surface area is 106 Å². The Morgan fingerprint density at radius 1 is 1.11 bits per heavy atom. The van der Waals surface area contributed by atoms with Crippen LogP contribution in [0.5, 0.6) is 0 Å². The van der Waals surface area contributed by atoms with Gasteiger partial charge in [0.25, 0.3) is 0 Å². The first-order valence-electron chi connectivity index (χ1n) is 5.05. The lowest BCUT2D eigenvalue weighted by Gasteiger charge is -2.07. The van der Waals surface area contributed by atoms with Crippen molar-refractivity contribution < 1.29 is 13.2 Å². The molecular weight excluding hydrogens is 265 g/mol. The molecule has 6 heteroatoms. The highest BCUT2D eigenvalue weighted by molar-refractivity contribution is 6.29. The van der Waals surface area contributed by atoms with Gasteiger partial charge in [-0.15, -0.1) is 0 Å². The fourth-order valence-electron chi connectivity index (χ4n) is 1.37. The number of pyridine rings is 1. The lowest BCUT2D eigenvalue weighted by atomic mass is 10.2. The maximum atomic E-state index is 12.9. The maximum absolute atomic E-state index is 12.9. The molecule has 0 aliphatic heterocycles. The summed E-state index contributed by atoms with van der Waals surface area (Å²) in [7, 11) is 0. The smallest absolute Gasteiger partial charge is 0.194 e. The lowest BCUT2D eigenvalue weighted by Crippen LogP contribution is -2.02. The Bertz CT molecular complexity index is 535. The van der Waals surface area contributed by atoms with Crippen molar-refractivity contribution in [3.05, 3.63) is 58.6 Å². The summed E-state index contributed by atoms with van der Waals surface area (Å²) in [5.41, 5.74) is 0.936. The van der Waals surface area contributed by atoms with Gasteiger partial charge >= 0.3 is 0 Å². The summed E-state index contributed by atoms with van der Waals surface area (Å²) in [4.78, 5) is 3.86. The molecule has 1 aromatic carbocycles. The van der Waals surface area contributed by atoms with Gasteiger partial charge in [0.05, 0.1) is 0 Å². The van der Waals surface area contributed by atoms with Crippen LogP contribution in [-0.4, -0.2) is 4.98 Å². The minimum Gasteiger partial charge on any atom is -0.381 e. The van der Waals surface area contributed by atoms with E-state index in [1.54, 1.807) is 12.1 Å². The molecule has 0 bridgehead atoms. The molecule has 0 radical (unpaired) electrons. The summed E-state index contributed by atoms with van der Waals surface area (Å²) in [6.45, 7) is 0.300. The molecule has 1 heterocycles. The van der Waals surface area contributed by atoms with Gasteiger partial charge in [0.15, 0.2) is 17.5 Å². The molecule has 0 saturated carbocycles. The molecule has 1 aromatic heterocycles. The van der Waals surface area contributed by atoms with Crippen molar-refractivity contribution in [1.29, 1.82) is 0 Å². The molecule has 18 heavy (non-hydrogen) atoms. The second-order valence-corrected chi connectivity index (χ2v) is 3.98. The van der Waals surface area contributed by atoms with Crippen molar-refractivity contribution in [2.45, 2.75) is 6.54 Å². The highest BCUT2D eigenvalue weighted by Crippen LogP contribution is 2.18. The molecule has 0 aliphatic rings. The standard InChI is InChI=1S/C12H8ClF3N2/c13-11-2-1-7(6-18-11)5-17-8-3-9(14)12(16)10(15)4-8/h1-4,6,17H,5H2. The van der Waals surface area contributed by atoms with E-state index < -0.39 is 17.5 Å². The van der Waals surface area contributed by atoms with Crippen LogP contribution in [0.15, 0.2) is 30.5 Å². The Morgan fingerprint density at radius 3 is 2.33 bits per heavy atom. The average molecular weight is 273 g/mol. The highest BCUT2D eigenvalue weighted by Gasteiger charge is 2.10. The van der Waals surface area contributed by atoms with Crippen LogP contribution in [0.2, 0.25) is 5.15 Å². The molecule has 0 unspecified atom stereocenters. The third-order valence-electron chi connectivity index (χ3n) is 2.27. The Balaban J connectivity index is 2.08. The molecule has 2 rings (SSSR count). The largest absolute Gasteiger partial charge is 0.381 e. The summed E-state index contributed by atoms with van der Waals surface area (Å²) >= 11 is 5.62. The number of hydrogen-bond acceptors (Lipinski definition) is 2. The number of hydrogen-bond donors (Lipinski definition) is 1. The number of benzene rings is 1. The van der Waals surface area contributed by atoms with Gasteiger partial charge in [-0.1, -0.05) is 17.7 Å². The quantitative estimate of drug-likeness (QED) is 0.680. The van der Waals surface area contributed by atoms with Gasteiger partial charge in [0.2, 0.25) is 0 Å². The van der Waals surface area contributed by atoms with E-state index in [0.29, 0.717) is 11.7 Å². The summed E-state index contributed by atoms with van der Waals surface area (Å²) < 4.78 is 38.6. The zero-order valence-corrected chi connectivity index (χ0v) is 9.81. The molecule has 0 amide bonds. The van der Waals surface area contributed by atoms with Crippen molar-refractivity contribution in [2.24, 2.45) is 0 Å². The SMILES string of the molecule is Fc1cc(NCc2ccc(Cl)nc2)cc(F)c1F. The van der Waals surface area contributed by atoms with E-state index in [-0.39, 0.29) is 5.69 Å².